The molecule has 312 valence electrons. The van der Waals surface area contributed by atoms with E-state index in [1.807, 2.05) is 12.1 Å². The summed E-state index contributed by atoms with van der Waals surface area (Å²) >= 11 is 0. The average molecular weight is 845 g/mol. The summed E-state index contributed by atoms with van der Waals surface area (Å²) in [6, 6.07) is 83.8. The van der Waals surface area contributed by atoms with Gasteiger partial charge in [-0.2, -0.15) is 0 Å². The molecule has 0 amide bonds. The van der Waals surface area contributed by atoms with Gasteiger partial charge in [-0.05, 0) is 129 Å². The predicted octanol–water partition coefficient (Wildman–Crippen LogP) is 17.5. The van der Waals surface area contributed by atoms with Gasteiger partial charge < -0.3 is 13.9 Å². The van der Waals surface area contributed by atoms with Crippen LogP contribution in [0.3, 0.4) is 0 Å². The summed E-state index contributed by atoms with van der Waals surface area (Å²) in [6.45, 7) is 4.76. The third-order valence-corrected chi connectivity index (χ3v) is 14.0. The second-order valence-corrected chi connectivity index (χ2v) is 18.0. The van der Waals surface area contributed by atoms with Crippen LogP contribution in [0.2, 0.25) is 0 Å². The van der Waals surface area contributed by atoms with Crippen molar-refractivity contribution in [3.05, 3.63) is 242 Å². The maximum Gasteiger partial charge on any atom is 0.136 e. The van der Waals surface area contributed by atoms with Crippen LogP contribution in [0.4, 0.5) is 17.1 Å². The van der Waals surface area contributed by atoms with Gasteiger partial charge in [0.05, 0.1) is 16.7 Å². The van der Waals surface area contributed by atoms with E-state index >= 15 is 0 Å². The van der Waals surface area contributed by atoms with Gasteiger partial charge in [0.1, 0.15) is 11.2 Å². The van der Waals surface area contributed by atoms with Crippen LogP contribution < -0.4 is 4.90 Å². The second-order valence-electron chi connectivity index (χ2n) is 18.0. The molecule has 0 unspecified atom stereocenters. The van der Waals surface area contributed by atoms with Crippen molar-refractivity contribution >= 4 is 60.8 Å². The van der Waals surface area contributed by atoms with E-state index in [-0.39, 0.29) is 5.41 Å². The molecule has 2 aromatic heterocycles. The van der Waals surface area contributed by atoms with Crippen molar-refractivity contribution in [3.63, 3.8) is 0 Å². The lowest BCUT2D eigenvalue weighted by atomic mass is 9.81. The van der Waals surface area contributed by atoms with Crippen molar-refractivity contribution in [2.75, 3.05) is 4.90 Å². The van der Waals surface area contributed by atoms with E-state index in [1.165, 1.54) is 72.0 Å². The lowest BCUT2D eigenvalue weighted by Crippen LogP contribution is -2.15. The fourth-order valence-electron chi connectivity index (χ4n) is 10.9. The molecule has 0 aliphatic heterocycles. The zero-order chi connectivity index (χ0) is 43.9. The molecule has 13 rings (SSSR count). The van der Waals surface area contributed by atoms with E-state index in [0.717, 1.165) is 50.1 Å². The van der Waals surface area contributed by atoms with Gasteiger partial charge >= 0.3 is 0 Å². The smallest absolute Gasteiger partial charge is 0.136 e. The Morgan fingerprint density at radius 1 is 0.379 bits per heavy atom. The number of para-hydroxylation sites is 5. The summed E-state index contributed by atoms with van der Waals surface area (Å²) in [5, 5.41) is 4.83. The number of hydrogen-bond donors (Lipinski definition) is 0. The first-order chi connectivity index (χ1) is 32.5. The van der Waals surface area contributed by atoms with Crippen LogP contribution in [-0.2, 0) is 5.41 Å². The predicted molar refractivity (Wildman–Crippen MR) is 277 cm³/mol. The van der Waals surface area contributed by atoms with E-state index in [0.29, 0.717) is 0 Å². The molecule has 1 aliphatic carbocycles. The molecule has 0 saturated carbocycles. The van der Waals surface area contributed by atoms with Gasteiger partial charge in [-0.1, -0.05) is 166 Å². The summed E-state index contributed by atoms with van der Waals surface area (Å²) < 4.78 is 8.66. The topological polar surface area (TPSA) is 21.3 Å². The molecule has 0 bridgehead atoms. The number of fused-ring (bicyclic) bond motifs is 9. The molecule has 10 aromatic carbocycles. The normalized spacial score (nSPS) is 12.8. The number of benzene rings is 10. The molecule has 0 atom stereocenters. The Labute approximate surface area is 384 Å². The highest BCUT2D eigenvalue weighted by molar-refractivity contribution is 6.16. The molecule has 1 aliphatic rings. The Kier molecular flexibility index (Phi) is 8.56. The van der Waals surface area contributed by atoms with Crippen molar-refractivity contribution in [1.82, 2.24) is 4.57 Å². The highest BCUT2D eigenvalue weighted by Crippen LogP contribution is 2.52. The number of anilines is 3. The average Bonchev–Trinajstić information content (AvgIpc) is 4.00. The monoisotopic (exact) mass is 844 g/mol. The number of furan rings is 1. The Morgan fingerprint density at radius 3 is 1.80 bits per heavy atom. The first kappa shape index (κ1) is 38.1. The van der Waals surface area contributed by atoms with Crippen molar-refractivity contribution in [3.8, 4) is 50.2 Å². The lowest BCUT2D eigenvalue weighted by Gasteiger charge is -2.28. The third-order valence-electron chi connectivity index (χ3n) is 14.0. The molecule has 0 spiro atoms. The molecular formula is C63H44N2O. The first-order valence-electron chi connectivity index (χ1n) is 22.8. The third kappa shape index (κ3) is 5.83. The lowest BCUT2D eigenvalue weighted by molar-refractivity contribution is 0.660. The van der Waals surface area contributed by atoms with Gasteiger partial charge in [-0.3, -0.25) is 0 Å². The molecule has 3 nitrogen and oxygen atoms in total. The Morgan fingerprint density at radius 2 is 0.970 bits per heavy atom. The maximum atomic E-state index is 6.26. The van der Waals surface area contributed by atoms with Crippen LogP contribution in [0.5, 0.6) is 0 Å². The standard InChI is InChI=1S/C63H44N2O/c1-63(2)54-38-34-42(39-53(54)50-37-33-43(40-55(50)63)49-24-15-28-58-61(49)51-22-10-13-27-57(51)65(58)45-19-7-4-8-20-45)47-21-9-12-26-56(47)64(44-17-5-3-6-18-44)46-35-31-41(32-36-46)48-25-16-30-60-62(48)52-23-11-14-29-59(52)66-60/h3-40H,1-2H3. The summed E-state index contributed by atoms with van der Waals surface area (Å²) in [4.78, 5) is 2.39. The van der Waals surface area contributed by atoms with E-state index in [4.69, 9.17) is 4.42 Å². The molecule has 3 heteroatoms. The van der Waals surface area contributed by atoms with Gasteiger partial charge in [0.2, 0.25) is 0 Å². The SMILES string of the molecule is CC1(C)c2ccc(-c3ccccc3N(c3ccccc3)c3ccc(-c4cccc5oc6ccccc6c45)cc3)cc2-c2ccc(-c3cccc4c3c3ccccc3n4-c3ccccc3)cc21. The Bertz CT molecular complexity index is 3840. The molecule has 12 aromatic rings. The minimum Gasteiger partial charge on any atom is -0.456 e. The van der Waals surface area contributed by atoms with E-state index < -0.39 is 0 Å². The molecule has 0 N–H and O–H groups in total. The van der Waals surface area contributed by atoms with Gasteiger partial charge in [0.15, 0.2) is 0 Å². The minimum absolute atomic E-state index is 0.185. The van der Waals surface area contributed by atoms with Crippen molar-refractivity contribution in [2.24, 2.45) is 0 Å². The molecule has 2 heterocycles. The van der Waals surface area contributed by atoms with Gasteiger partial charge in [-0.15, -0.1) is 0 Å². The van der Waals surface area contributed by atoms with Crippen LogP contribution >= 0.6 is 0 Å². The largest absolute Gasteiger partial charge is 0.456 e. The fraction of sp³-hybridized carbons (Fsp3) is 0.0476. The van der Waals surface area contributed by atoms with Crippen molar-refractivity contribution < 1.29 is 4.42 Å². The maximum absolute atomic E-state index is 6.26. The molecule has 66 heavy (non-hydrogen) atoms. The summed E-state index contributed by atoms with van der Waals surface area (Å²) in [5.41, 5.74) is 21.0. The fourth-order valence-corrected chi connectivity index (χ4v) is 10.9. The van der Waals surface area contributed by atoms with Crippen LogP contribution in [-0.4, -0.2) is 4.57 Å². The zero-order valence-electron chi connectivity index (χ0n) is 36.7. The molecular weight excluding hydrogens is 801 g/mol. The quantitative estimate of drug-likeness (QED) is 0.159. The van der Waals surface area contributed by atoms with Crippen molar-refractivity contribution in [1.29, 1.82) is 0 Å². The number of hydrogen-bond acceptors (Lipinski definition) is 2. The number of aromatic nitrogens is 1. The van der Waals surface area contributed by atoms with Crippen LogP contribution in [0, 0.1) is 0 Å². The molecule has 0 fully saturated rings. The Hall–Kier alpha value is -8.40. The van der Waals surface area contributed by atoms with Crippen LogP contribution in [0.15, 0.2) is 235 Å². The van der Waals surface area contributed by atoms with Crippen LogP contribution in [0.25, 0.3) is 93.9 Å². The Balaban J connectivity index is 0.906. The van der Waals surface area contributed by atoms with E-state index in [2.05, 4.69) is 242 Å². The van der Waals surface area contributed by atoms with E-state index in [1.54, 1.807) is 0 Å². The number of nitrogens with zero attached hydrogens (tertiary/aromatic N) is 2. The van der Waals surface area contributed by atoms with Gasteiger partial charge in [-0.25, -0.2) is 0 Å². The summed E-state index contributed by atoms with van der Waals surface area (Å²) in [5.74, 6) is 0. The minimum atomic E-state index is -0.185. The molecule has 0 radical (unpaired) electrons. The van der Waals surface area contributed by atoms with Crippen LogP contribution in [0.1, 0.15) is 25.0 Å². The highest BCUT2D eigenvalue weighted by atomic mass is 16.3. The summed E-state index contributed by atoms with van der Waals surface area (Å²) in [7, 11) is 0. The highest BCUT2D eigenvalue weighted by Gasteiger charge is 2.36. The number of rotatable bonds is 7. The second kappa shape index (κ2) is 14.8. The van der Waals surface area contributed by atoms with E-state index in [9.17, 15) is 0 Å². The van der Waals surface area contributed by atoms with Gasteiger partial charge in [0.25, 0.3) is 0 Å². The van der Waals surface area contributed by atoms with Gasteiger partial charge in [0, 0.05) is 49.6 Å². The summed E-state index contributed by atoms with van der Waals surface area (Å²) in [6.07, 6.45) is 0. The van der Waals surface area contributed by atoms with Crippen molar-refractivity contribution in [2.45, 2.75) is 19.3 Å². The first-order valence-corrected chi connectivity index (χ1v) is 22.8. The zero-order valence-corrected chi connectivity index (χ0v) is 36.7. The molecule has 0 saturated heterocycles.